The Morgan fingerprint density at radius 3 is 1.35 bits per heavy atom. The Kier molecular flexibility index (Phi) is 5.40. The van der Waals surface area contributed by atoms with Crippen molar-refractivity contribution in [1.29, 1.82) is 0 Å². The lowest BCUT2D eigenvalue weighted by atomic mass is 10.1. The number of benzene rings is 4. The average molecular weight is 411 g/mol. The zero-order valence-electron chi connectivity index (χ0n) is 16.6. The van der Waals surface area contributed by atoms with Gasteiger partial charge in [0.25, 0.3) is 5.69 Å². The highest BCUT2D eigenvalue weighted by molar-refractivity contribution is 5.79. The van der Waals surface area contributed by atoms with Gasteiger partial charge >= 0.3 is 0 Å². The fourth-order valence-electron chi connectivity index (χ4n) is 3.22. The van der Waals surface area contributed by atoms with Gasteiger partial charge < -0.3 is 21.7 Å². The van der Waals surface area contributed by atoms with Crippen molar-refractivity contribution in [2.45, 2.75) is 0 Å². The van der Waals surface area contributed by atoms with E-state index in [9.17, 15) is 10.1 Å². The first-order chi connectivity index (χ1) is 15.0. The molecule has 0 bridgehead atoms. The van der Waals surface area contributed by atoms with Crippen molar-refractivity contribution in [3.05, 3.63) is 107 Å². The van der Waals surface area contributed by atoms with Gasteiger partial charge in [0.05, 0.1) is 4.92 Å². The van der Waals surface area contributed by atoms with E-state index in [2.05, 4.69) is 10.2 Å². The van der Waals surface area contributed by atoms with Gasteiger partial charge in [-0.15, -0.1) is 0 Å². The number of hydrogen-bond donors (Lipinski definition) is 3. The first-order valence-electron chi connectivity index (χ1n) is 9.62. The van der Waals surface area contributed by atoms with Crippen molar-refractivity contribution in [3.8, 4) is 0 Å². The second-order valence-electron chi connectivity index (χ2n) is 6.99. The highest BCUT2D eigenvalue weighted by Crippen LogP contribution is 2.36. The van der Waals surface area contributed by atoms with Crippen molar-refractivity contribution >= 4 is 45.5 Å². The molecule has 0 radical (unpaired) electrons. The molecule has 154 valence electrons. The third kappa shape index (κ3) is 4.56. The minimum Gasteiger partial charge on any atom is -0.399 e. The Morgan fingerprint density at radius 2 is 0.968 bits per heavy atom. The monoisotopic (exact) mass is 411 g/mol. The van der Waals surface area contributed by atoms with Crippen LogP contribution in [-0.4, -0.2) is 4.92 Å². The van der Waals surface area contributed by atoms with Crippen LogP contribution < -0.4 is 21.7 Å². The van der Waals surface area contributed by atoms with Crippen molar-refractivity contribution in [1.82, 2.24) is 0 Å². The molecule has 0 aliphatic carbocycles. The molecule has 7 nitrogen and oxygen atoms in total. The van der Waals surface area contributed by atoms with Crippen LogP contribution in [0.1, 0.15) is 0 Å². The summed E-state index contributed by atoms with van der Waals surface area (Å²) in [6, 6.07) is 29.6. The first kappa shape index (κ1) is 19.8. The van der Waals surface area contributed by atoms with Crippen LogP contribution in [0.2, 0.25) is 0 Å². The van der Waals surface area contributed by atoms with E-state index in [1.54, 1.807) is 12.1 Å². The second kappa shape index (κ2) is 8.46. The molecule has 0 aliphatic rings. The summed E-state index contributed by atoms with van der Waals surface area (Å²) in [6.45, 7) is 0. The van der Waals surface area contributed by atoms with Gasteiger partial charge in [0.2, 0.25) is 0 Å². The minimum absolute atomic E-state index is 0.0588. The molecule has 0 heterocycles. The Hall–Kier alpha value is -4.52. The molecule has 0 aromatic heterocycles. The number of nitrogens with zero attached hydrogens (tertiary/aromatic N) is 2. The number of nitrogens with one attached hydrogen (secondary N) is 1. The average Bonchev–Trinajstić information content (AvgIpc) is 2.78. The molecule has 0 spiro atoms. The molecule has 4 aromatic carbocycles. The number of rotatable bonds is 6. The topological polar surface area (TPSA) is 110 Å². The smallest absolute Gasteiger partial charge is 0.269 e. The Bertz CT molecular complexity index is 1130. The molecular weight excluding hydrogens is 390 g/mol. The lowest BCUT2D eigenvalue weighted by molar-refractivity contribution is -0.384. The van der Waals surface area contributed by atoms with Gasteiger partial charge in [0, 0.05) is 51.9 Å². The highest BCUT2D eigenvalue weighted by Gasteiger charge is 2.12. The highest BCUT2D eigenvalue weighted by atomic mass is 16.6. The fourth-order valence-corrected chi connectivity index (χ4v) is 3.22. The summed E-state index contributed by atoms with van der Waals surface area (Å²) < 4.78 is 0. The molecule has 4 rings (SSSR count). The number of non-ortho nitro benzene ring substituents is 1. The summed E-state index contributed by atoms with van der Waals surface area (Å²) in [6.07, 6.45) is 0. The number of nitro groups is 1. The summed E-state index contributed by atoms with van der Waals surface area (Å²) in [5, 5.41) is 14.1. The Labute approximate surface area is 179 Å². The fraction of sp³-hybridized carbons (Fsp3) is 0. The molecule has 4 aromatic rings. The summed E-state index contributed by atoms with van der Waals surface area (Å²) in [5.41, 5.74) is 17.7. The summed E-state index contributed by atoms with van der Waals surface area (Å²) in [4.78, 5) is 12.5. The third-order valence-electron chi connectivity index (χ3n) is 4.79. The third-order valence-corrected chi connectivity index (χ3v) is 4.79. The van der Waals surface area contributed by atoms with Crippen molar-refractivity contribution < 1.29 is 4.92 Å². The van der Waals surface area contributed by atoms with Crippen LogP contribution >= 0.6 is 0 Å². The van der Waals surface area contributed by atoms with Gasteiger partial charge in [-0.05, 0) is 84.9 Å². The molecule has 0 amide bonds. The molecule has 31 heavy (non-hydrogen) atoms. The standard InChI is InChI=1S/C24H21N5O2/c25-17-1-9-21(10-2-17)28(22-11-3-18(26)4-12-22)23-13-5-19(6-14-23)27-20-7-15-24(16-8-20)29(30)31/h1-16,27H,25-26H2. The number of nitrogens with two attached hydrogens (primary N) is 2. The normalized spacial score (nSPS) is 10.5. The maximum absolute atomic E-state index is 10.8. The molecule has 0 atom stereocenters. The van der Waals surface area contributed by atoms with Crippen molar-refractivity contribution in [2.75, 3.05) is 21.7 Å². The molecular formula is C24H21N5O2. The largest absolute Gasteiger partial charge is 0.399 e. The van der Waals surface area contributed by atoms with E-state index in [4.69, 9.17) is 11.5 Å². The van der Waals surface area contributed by atoms with Crippen LogP contribution in [-0.2, 0) is 0 Å². The van der Waals surface area contributed by atoms with Crippen LogP contribution in [0.25, 0.3) is 0 Å². The maximum Gasteiger partial charge on any atom is 0.269 e. The molecule has 0 fully saturated rings. The van der Waals surface area contributed by atoms with E-state index in [-0.39, 0.29) is 5.69 Å². The van der Waals surface area contributed by atoms with Gasteiger partial charge in [0.15, 0.2) is 0 Å². The molecule has 7 heteroatoms. The SMILES string of the molecule is Nc1ccc(N(c2ccc(N)cc2)c2ccc(Nc3ccc([N+](=O)[O-])cc3)cc2)cc1. The van der Waals surface area contributed by atoms with E-state index < -0.39 is 4.92 Å². The van der Waals surface area contributed by atoms with E-state index >= 15 is 0 Å². The van der Waals surface area contributed by atoms with E-state index in [1.165, 1.54) is 12.1 Å². The summed E-state index contributed by atoms with van der Waals surface area (Å²) >= 11 is 0. The lowest BCUT2D eigenvalue weighted by Crippen LogP contribution is -2.10. The van der Waals surface area contributed by atoms with Gasteiger partial charge in [-0.1, -0.05) is 0 Å². The quantitative estimate of drug-likeness (QED) is 0.205. The number of nitro benzene ring substituents is 1. The lowest BCUT2D eigenvalue weighted by Gasteiger charge is -2.26. The molecule has 5 N–H and O–H groups in total. The Balaban J connectivity index is 1.62. The predicted molar refractivity (Wildman–Crippen MR) is 126 cm³/mol. The van der Waals surface area contributed by atoms with Gasteiger partial charge in [-0.25, -0.2) is 0 Å². The van der Waals surface area contributed by atoms with Gasteiger partial charge in [-0.3, -0.25) is 10.1 Å². The van der Waals surface area contributed by atoms with Gasteiger partial charge in [0.1, 0.15) is 0 Å². The second-order valence-corrected chi connectivity index (χ2v) is 6.99. The van der Waals surface area contributed by atoms with E-state index in [0.29, 0.717) is 11.4 Å². The van der Waals surface area contributed by atoms with Gasteiger partial charge in [-0.2, -0.15) is 0 Å². The van der Waals surface area contributed by atoms with E-state index in [1.807, 2.05) is 72.8 Å². The first-order valence-corrected chi connectivity index (χ1v) is 9.62. The zero-order valence-corrected chi connectivity index (χ0v) is 16.6. The summed E-state index contributed by atoms with van der Waals surface area (Å²) in [5.74, 6) is 0. The molecule has 0 saturated carbocycles. The molecule has 0 aliphatic heterocycles. The van der Waals surface area contributed by atoms with E-state index in [0.717, 1.165) is 28.4 Å². The van der Waals surface area contributed by atoms with Crippen LogP contribution in [0, 0.1) is 10.1 Å². The number of anilines is 7. The maximum atomic E-state index is 10.8. The number of hydrogen-bond acceptors (Lipinski definition) is 6. The van der Waals surface area contributed by atoms with Crippen LogP contribution in [0.15, 0.2) is 97.1 Å². The van der Waals surface area contributed by atoms with Crippen LogP contribution in [0.3, 0.4) is 0 Å². The molecule has 0 saturated heterocycles. The Morgan fingerprint density at radius 1 is 0.613 bits per heavy atom. The summed E-state index contributed by atoms with van der Waals surface area (Å²) in [7, 11) is 0. The molecule has 0 unspecified atom stereocenters. The predicted octanol–water partition coefficient (Wildman–Crippen LogP) is 5.97. The number of nitrogen functional groups attached to an aromatic ring is 2. The van der Waals surface area contributed by atoms with Crippen molar-refractivity contribution in [2.24, 2.45) is 0 Å². The van der Waals surface area contributed by atoms with Crippen LogP contribution in [0.4, 0.5) is 45.5 Å². The zero-order chi connectivity index (χ0) is 21.8. The minimum atomic E-state index is -0.415. The van der Waals surface area contributed by atoms with Crippen molar-refractivity contribution in [3.63, 3.8) is 0 Å². The van der Waals surface area contributed by atoms with Crippen LogP contribution in [0.5, 0.6) is 0 Å².